The van der Waals surface area contributed by atoms with Crippen molar-refractivity contribution in [1.82, 2.24) is 4.72 Å². The number of thioether (sulfide) groups is 1. The first-order valence-electron chi connectivity index (χ1n) is 12.4. The van der Waals surface area contributed by atoms with Gasteiger partial charge in [-0.05, 0) is 51.7 Å². The molecule has 0 saturated carbocycles. The first kappa shape index (κ1) is 33.3. The van der Waals surface area contributed by atoms with E-state index in [1.807, 2.05) is 33.8 Å². The van der Waals surface area contributed by atoms with Crippen LogP contribution < -0.4 is 4.72 Å². The Morgan fingerprint density at radius 2 is 1.54 bits per heavy atom. The summed E-state index contributed by atoms with van der Waals surface area (Å²) in [5, 5.41) is 0. The van der Waals surface area contributed by atoms with Crippen molar-refractivity contribution >= 4 is 40.7 Å². The third-order valence-electron chi connectivity index (χ3n) is 5.61. The largest absolute Gasteiger partial charge is 0.456 e. The average Bonchev–Trinajstić information content (AvgIpc) is 2.78. The SMILES string of the molecule is C=CCCCCS[C@H]1O[C@H]([C@H](N[S@](=O)C(C)(C)C)[C@H](C)C=C)[C@H](OC(C)=O)[C@H](OC(C)=O)[C@H]1OC(C)=O. The lowest BCUT2D eigenvalue weighted by atomic mass is 9.88. The minimum atomic E-state index is -1.51. The van der Waals surface area contributed by atoms with Gasteiger partial charge in [0.15, 0.2) is 18.3 Å². The van der Waals surface area contributed by atoms with Gasteiger partial charge in [-0.2, -0.15) is 0 Å². The van der Waals surface area contributed by atoms with Crippen LogP contribution in [0.2, 0.25) is 0 Å². The third kappa shape index (κ3) is 10.9. The minimum absolute atomic E-state index is 0.282. The van der Waals surface area contributed by atoms with Gasteiger partial charge in [-0.3, -0.25) is 14.4 Å². The normalized spacial score (nSPS) is 26.3. The Balaban J connectivity index is 3.55. The van der Waals surface area contributed by atoms with Gasteiger partial charge in [0.05, 0.1) is 21.8 Å². The van der Waals surface area contributed by atoms with E-state index >= 15 is 0 Å². The van der Waals surface area contributed by atoms with Crippen molar-refractivity contribution < 1.29 is 37.5 Å². The van der Waals surface area contributed by atoms with Crippen LogP contribution in [0.15, 0.2) is 25.3 Å². The first-order valence-corrected chi connectivity index (χ1v) is 14.6. The molecule has 0 aromatic heterocycles. The molecule has 0 aromatic carbocycles. The van der Waals surface area contributed by atoms with Crippen LogP contribution in [0.1, 0.15) is 67.7 Å². The number of rotatable bonds is 14. The molecule has 0 aromatic rings. The molecule has 0 radical (unpaired) electrons. The highest BCUT2D eigenvalue weighted by atomic mass is 32.2. The van der Waals surface area contributed by atoms with Crippen molar-refractivity contribution in [2.24, 2.45) is 5.92 Å². The smallest absolute Gasteiger partial charge is 0.303 e. The molecule has 1 aliphatic rings. The predicted octanol–water partition coefficient (Wildman–Crippen LogP) is 3.84. The van der Waals surface area contributed by atoms with Crippen molar-refractivity contribution in [2.75, 3.05) is 5.75 Å². The number of esters is 3. The van der Waals surface area contributed by atoms with Gasteiger partial charge < -0.3 is 18.9 Å². The van der Waals surface area contributed by atoms with Gasteiger partial charge in [-0.25, -0.2) is 8.93 Å². The minimum Gasteiger partial charge on any atom is -0.456 e. The highest BCUT2D eigenvalue weighted by Crippen LogP contribution is 2.37. The summed E-state index contributed by atoms with van der Waals surface area (Å²) in [5.41, 5.74) is -0.738. The molecule has 212 valence electrons. The molecule has 1 saturated heterocycles. The van der Waals surface area contributed by atoms with E-state index in [4.69, 9.17) is 18.9 Å². The van der Waals surface area contributed by atoms with Crippen LogP contribution in [0.4, 0.5) is 0 Å². The molecule has 1 heterocycles. The fourth-order valence-electron chi connectivity index (χ4n) is 3.74. The summed E-state index contributed by atoms with van der Waals surface area (Å²) in [6, 6.07) is -0.637. The lowest BCUT2D eigenvalue weighted by molar-refractivity contribution is -0.236. The molecular formula is C26H43NO8S2. The van der Waals surface area contributed by atoms with Crippen molar-refractivity contribution in [3.8, 4) is 0 Å². The third-order valence-corrected chi connectivity index (χ3v) is 8.44. The van der Waals surface area contributed by atoms with E-state index in [0.29, 0.717) is 5.75 Å². The molecule has 0 aliphatic carbocycles. The topological polar surface area (TPSA) is 117 Å². The average molecular weight is 562 g/mol. The summed E-state index contributed by atoms with van der Waals surface area (Å²) in [5.74, 6) is -1.46. The highest BCUT2D eigenvalue weighted by molar-refractivity contribution is 7.99. The number of allylic oxidation sites excluding steroid dienone is 1. The molecule has 0 unspecified atom stereocenters. The van der Waals surface area contributed by atoms with Crippen molar-refractivity contribution in [2.45, 2.75) is 108 Å². The second-order valence-corrected chi connectivity index (χ2v) is 13.2. The number of nitrogens with one attached hydrogen (secondary N) is 1. The van der Waals surface area contributed by atoms with Crippen LogP contribution in [0.3, 0.4) is 0 Å². The van der Waals surface area contributed by atoms with Crippen LogP contribution >= 0.6 is 11.8 Å². The maximum Gasteiger partial charge on any atom is 0.303 e. The Labute approximate surface area is 228 Å². The molecule has 11 heteroatoms. The maximum atomic E-state index is 13.1. The number of carbonyl (C=O) groups is 3. The number of hydrogen-bond acceptors (Lipinski definition) is 9. The van der Waals surface area contributed by atoms with Crippen molar-refractivity contribution in [1.29, 1.82) is 0 Å². The quantitative estimate of drug-likeness (QED) is 0.146. The molecule has 0 spiro atoms. The van der Waals surface area contributed by atoms with Gasteiger partial charge in [0, 0.05) is 20.8 Å². The van der Waals surface area contributed by atoms with Gasteiger partial charge in [0.25, 0.3) is 0 Å². The van der Waals surface area contributed by atoms with Crippen molar-refractivity contribution in [3.63, 3.8) is 0 Å². The summed E-state index contributed by atoms with van der Waals surface area (Å²) < 4.78 is 39.0. The zero-order chi connectivity index (χ0) is 28.3. The Hall–Kier alpha value is -1.69. The van der Waals surface area contributed by atoms with Crippen LogP contribution in [0, 0.1) is 5.92 Å². The summed E-state index contributed by atoms with van der Waals surface area (Å²) in [6.07, 6.45) is 1.98. The Morgan fingerprint density at radius 1 is 1.00 bits per heavy atom. The lowest BCUT2D eigenvalue weighted by Crippen LogP contribution is -2.66. The molecule has 1 N–H and O–H groups in total. The predicted molar refractivity (Wildman–Crippen MR) is 146 cm³/mol. The van der Waals surface area contributed by atoms with Crippen LogP contribution in [0.25, 0.3) is 0 Å². The second-order valence-electron chi connectivity index (χ2n) is 9.97. The summed E-state index contributed by atoms with van der Waals surface area (Å²) in [7, 11) is -1.51. The molecule has 37 heavy (non-hydrogen) atoms. The van der Waals surface area contributed by atoms with E-state index in [9.17, 15) is 18.6 Å². The molecule has 1 aliphatic heterocycles. The van der Waals surface area contributed by atoms with E-state index in [2.05, 4.69) is 17.9 Å². The number of ether oxygens (including phenoxy) is 4. The van der Waals surface area contributed by atoms with E-state index in [-0.39, 0.29) is 5.92 Å². The molecule has 1 rings (SSSR count). The lowest BCUT2D eigenvalue weighted by Gasteiger charge is -2.47. The zero-order valence-electron chi connectivity index (χ0n) is 23.0. The number of carbonyl (C=O) groups excluding carboxylic acids is 3. The van der Waals surface area contributed by atoms with Gasteiger partial charge in [-0.15, -0.1) is 24.9 Å². The summed E-state index contributed by atoms with van der Waals surface area (Å²) in [6.45, 7) is 18.7. The van der Waals surface area contributed by atoms with Gasteiger partial charge >= 0.3 is 17.9 Å². The van der Waals surface area contributed by atoms with Crippen LogP contribution in [-0.4, -0.2) is 68.5 Å². The zero-order valence-corrected chi connectivity index (χ0v) is 24.7. The van der Waals surface area contributed by atoms with E-state index < -0.39 is 69.5 Å². The van der Waals surface area contributed by atoms with Gasteiger partial charge in [0.2, 0.25) is 0 Å². The molecule has 0 amide bonds. The monoisotopic (exact) mass is 561 g/mol. The van der Waals surface area contributed by atoms with Crippen molar-refractivity contribution in [3.05, 3.63) is 25.3 Å². The van der Waals surface area contributed by atoms with Crippen LogP contribution in [-0.2, 0) is 44.3 Å². The van der Waals surface area contributed by atoms with Gasteiger partial charge in [-0.1, -0.05) is 19.1 Å². The number of hydrogen-bond donors (Lipinski definition) is 1. The Kier molecular flexibility index (Phi) is 14.1. The van der Waals surface area contributed by atoms with Crippen LogP contribution in [0.5, 0.6) is 0 Å². The second kappa shape index (κ2) is 15.7. The maximum absolute atomic E-state index is 13.1. The van der Waals surface area contributed by atoms with E-state index in [1.54, 1.807) is 6.08 Å². The summed E-state index contributed by atoms with van der Waals surface area (Å²) in [4.78, 5) is 36.4. The Morgan fingerprint density at radius 3 is 2.03 bits per heavy atom. The molecular weight excluding hydrogens is 518 g/mol. The highest BCUT2D eigenvalue weighted by Gasteiger charge is 2.54. The Bertz CT molecular complexity index is 828. The molecule has 0 bridgehead atoms. The van der Waals surface area contributed by atoms with Gasteiger partial charge in [0.1, 0.15) is 11.5 Å². The molecule has 8 atom stereocenters. The fraction of sp³-hybridized carbons (Fsp3) is 0.731. The summed E-state index contributed by atoms with van der Waals surface area (Å²) >= 11 is 1.42. The van der Waals surface area contributed by atoms with E-state index in [0.717, 1.165) is 19.3 Å². The number of unbranched alkanes of at least 4 members (excludes halogenated alkanes) is 2. The standard InChI is InChI=1S/C26H43NO8S2/c1-10-12-13-14-15-36-25-24(34-19(6)30)23(33-18(5)29)22(32-17(4)28)21(35-25)20(16(3)11-2)27-37(31)26(7,8)9/h10-11,16,20-25,27H,1-2,12-15H2,3-9H3/t16-,20-,21-,22+,23+,24-,25-,37-/m1/s1. The first-order chi connectivity index (χ1) is 17.2. The van der Waals surface area contributed by atoms with E-state index in [1.165, 1.54) is 32.5 Å². The molecule has 9 nitrogen and oxygen atoms in total. The molecule has 1 fully saturated rings. The fourth-order valence-corrected chi connectivity index (χ4v) is 5.90.